The molecule has 0 bridgehead atoms. The monoisotopic (exact) mass is 494 g/mol. The van der Waals surface area contributed by atoms with Crippen molar-refractivity contribution < 1.29 is 9.72 Å². The molecule has 1 N–H and O–H groups in total. The fourth-order valence-electron chi connectivity index (χ4n) is 2.90. The first-order chi connectivity index (χ1) is 15.2. The SMILES string of the molecule is CC(C)CCn1c(SCC(=O)Nc2ccc([N+](=O)[O-])cc2Cl)nc2cc(Cl)ccc2c1=O. The molecule has 168 valence electrons. The third-order valence-electron chi connectivity index (χ3n) is 4.58. The Morgan fingerprint density at radius 1 is 1.25 bits per heavy atom. The van der Waals surface area contributed by atoms with Crippen LogP contribution in [0.2, 0.25) is 10.0 Å². The highest BCUT2D eigenvalue weighted by Crippen LogP contribution is 2.27. The van der Waals surface area contributed by atoms with Gasteiger partial charge in [0.1, 0.15) is 0 Å². The molecule has 1 amide bonds. The molecule has 0 aliphatic rings. The second-order valence-electron chi connectivity index (χ2n) is 7.45. The van der Waals surface area contributed by atoms with E-state index in [-0.39, 0.29) is 33.6 Å². The second kappa shape index (κ2) is 10.3. The summed E-state index contributed by atoms with van der Waals surface area (Å²) in [7, 11) is 0. The van der Waals surface area contributed by atoms with Gasteiger partial charge in [-0.25, -0.2) is 4.98 Å². The lowest BCUT2D eigenvalue weighted by Crippen LogP contribution is -2.25. The molecule has 8 nitrogen and oxygen atoms in total. The number of amides is 1. The maximum atomic E-state index is 13.0. The Bertz CT molecular complexity index is 1250. The molecule has 0 saturated carbocycles. The maximum absolute atomic E-state index is 13.0. The summed E-state index contributed by atoms with van der Waals surface area (Å²) in [5.41, 5.74) is 0.368. The van der Waals surface area contributed by atoms with E-state index in [1.807, 2.05) is 0 Å². The number of nitro benzene ring substituents is 1. The average Bonchev–Trinajstić information content (AvgIpc) is 2.72. The second-order valence-corrected chi connectivity index (χ2v) is 9.24. The standard InChI is InChI=1S/C21H20Cl2N4O4S/c1-12(2)7-8-26-20(29)15-5-3-13(22)9-18(15)25-21(26)32-11-19(28)24-17-6-4-14(27(30)31)10-16(17)23/h3-6,9-10,12H,7-8,11H2,1-2H3,(H,24,28). The minimum absolute atomic E-state index is 0.0342. The summed E-state index contributed by atoms with van der Waals surface area (Å²) in [5, 5.41) is 14.9. The van der Waals surface area contributed by atoms with Crippen LogP contribution in [-0.2, 0) is 11.3 Å². The Morgan fingerprint density at radius 2 is 2.00 bits per heavy atom. The molecule has 1 aromatic heterocycles. The number of carbonyl (C=O) groups is 1. The van der Waals surface area contributed by atoms with Gasteiger partial charge in [-0.2, -0.15) is 0 Å². The summed E-state index contributed by atoms with van der Waals surface area (Å²) in [5.74, 6) is -0.0390. The predicted molar refractivity (Wildman–Crippen MR) is 128 cm³/mol. The largest absolute Gasteiger partial charge is 0.324 e. The number of aromatic nitrogens is 2. The molecule has 0 fully saturated rings. The first-order valence-electron chi connectivity index (χ1n) is 9.72. The van der Waals surface area contributed by atoms with E-state index in [1.54, 1.807) is 22.8 Å². The highest BCUT2D eigenvalue weighted by atomic mass is 35.5. The fourth-order valence-corrected chi connectivity index (χ4v) is 4.12. The van der Waals surface area contributed by atoms with Crippen LogP contribution in [0.25, 0.3) is 10.9 Å². The highest BCUT2D eigenvalue weighted by molar-refractivity contribution is 7.99. The number of halogens is 2. The van der Waals surface area contributed by atoms with Crippen molar-refractivity contribution in [1.82, 2.24) is 9.55 Å². The van der Waals surface area contributed by atoms with Gasteiger partial charge in [0, 0.05) is 23.7 Å². The van der Waals surface area contributed by atoms with E-state index in [0.29, 0.717) is 33.5 Å². The molecule has 0 aliphatic heterocycles. The maximum Gasteiger partial charge on any atom is 0.271 e. The Morgan fingerprint density at radius 3 is 2.66 bits per heavy atom. The summed E-state index contributed by atoms with van der Waals surface area (Å²) in [6, 6.07) is 8.71. The van der Waals surface area contributed by atoms with Gasteiger partial charge in [0.15, 0.2) is 5.16 Å². The number of thioether (sulfide) groups is 1. The minimum atomic E-state index is -0.568. The van der Waals surface area contributed by atoms with Gasteiger partial charge in [0.2, 0.25) is 5.91 Å². The van der Waals surface area contributed by atoms with Crippen molar-refractivity contribution in [2.24, 2.45) is 5.92 Å². The lowest BCUT2D eigenvalue weighted by molar-refractivity contribution is -0.384. The van der Waals surface area contributed by atoms with Crippen LogP contribution in [0.1, 0.15) is 20.3 Å². The molecule has 2 aromatic carbocycles. The van der Waals surface area contributed by atoms with E-state index in [2.05, 4.69) is 24.1 Å². The van der Waals surface area contributed by atoms with E-state index in [0.717, 1.165) is 18.2 Å². The average molecular weight is 495 g/mol. The molecular weight excluding hydrogens is 475 g/mol. The number of carbonyl (C=O) groups excluding carboxylic acids is 1. The third-order valence-corrected chi connectivity index (χ3v) is 6.11. The van der Waals surface area contributed by atoms with Crippen molar-refractivity contribution in [3.63, 3.8) is 0 Å². The summed E-state index contributed by atoms with van der Waals surface area (Å²) in [6.45, 7) is 4.60. The lowest BCUT2D eigenvalue weighted by Gasteiger charge is -2.14. The van der Waals surface area contributed by atoms with Crippen LogP contribution in [0.4, 0.5) is 11.4 Å². The van der Waals surface area contributed by atoms with Gasteiger partial charge in [0.25, 0.3) is 11.2 Å². The molecule has 0 atom stereocenters. The number of hydrogen-bond donors (Lipinski definition) is 1. The van der Waals surface area contributed by atoms with Crippen molar-refractivity contribution >= 4 is 63.1 Å². The number of benzene rings is 2. The van der Waals surface area contributed by atoms with Gasteiger partial charge in [-0.05, 0) is 36.6 Å². The molecule has 0 spiro atoms. The van der Waals surface area contributed by atoms with Crippen LogP contribution < -0.4 is 10.9 Å². The summed E-state index contributed by atoms with van der Waals surface area (Å²) in [4.78, 5) is 40.3. The van der Waals surface area contributed by atoms with Gasteiger partial charge < -0.3 is 5.32 Å². The first-order valence-corrected chi connectivity index (χ1v) is 11.5. The van der Waals surface area contributed by atoms with Crippen LogP contribution in [0.15, 0.2) is 46.3 Å². The number of rotatable bonds is 8. The molecule has 1 heterocycles. The zero-order chi connectivity index (χ0) is 23.4. The van der Waals surface area contributed by atoms with Gasteiger partial charge in [-0.1, -0.05) is 48.8 Å². The number of non-ortho nitro benzene ring substituents is 1. The van der Waals surface area contributed by atoms with Crippen LogP contribution >= 0.6 is 35.0 Å². The third kappa shape index (κ3) is 5.79. The van der Waals surface area contributed by atoms with Crippen molar-refractivity contribution in [2.75, 3.05) is 11.1 Å². The molecule has 0 radical (unpaired) electrons. The Kier molecular flexibility index (Phi) is 7.76. The summed E-state index contributed by atoms with van der Waals surface area (Å²) in [6.07, 6.45) is 0.777. The molecule has 0 aliphatic carbocycles. The van der Waals surface area contributed by atoms with Gasteiger partial charge >= 0.3 is 0 Å². The van der Waals surface area contributed by atoms with Crippen LogP contribution in [0.5, 0.6) is 0 Å². The molecule has 0 unspecified atom stereocenters. The smallest absolute Gasteiger partial charge is 0.271 e. The van der Waals surface area contributed by atoms with Crippen LogP contribution in [0, 0.1) is 16.0 Å². The van der Waals surface area contributed by atoms with Gasteiger partial charge in [0.05, 0.1) is 32.3 Å². The Labute approximate surface area is 198 Å². The van der Waals surface area contributed by atoms with Crippen LogP contribution in [-0.4, -0.2) is 26.1 Å². The van der Waals surface area contributed by atoms with Gasteiger partial charge in [-0.3, -0.25) is 24.3 Å². The summed E-state index contributed by atoms with van der Waals surface area (Å²) < 4.78 is 1.58. The van der Waals surface area contributed by atoms with Crippen molar-refractivity contribution in [2.45, 2.75) is 32.0 Å². The Hall–Kier alpha value is -2.62. The first kappa shape index (κ1) is 24.0. The molecule has 0 saturated heterocycles. The van der Waals surface area contributed by atoms with Gasteiger partial charge in [-0.15, -0.1) is 0 Å². The lowest BCUT2D eigenvalue weighted by atomic mass is 10.1. The van der Waals surface area contributed by atoms with E-state index in [4.69, 9.17) is 23.2 Å². The van der Waals surface area contributed by atoms with Crippen molar-refractivity contribution in [3.8, 4) is 0 Å². The van der Waals surface area contributed by atoms with Crippen LogP contribution in [0.3, 0.4) is 0 Å². The zero-order valence-electron chi connectivity index (χ0n) is 17.3. The highest BCUT2D eigenvalue weighted by Gasteiger charge is 2.16. The van der Waals surface area contributed by atoms with Crippen molar-refractivity contribution in [1.29, 1.82) is 0 Å². The zero-order valence-corrected chi connectivity index (χ0v) is 19.6. The van der Waals surface area contributed by atoms with E-state index in [1.165, 1.54) is 18.2 Å². The molecule has 11 heteroatoms. The number of nitrogens with one attached hydrogen (secondary N) is 1. The van der Waals surface area contributed by atoms with E-state index in [9.17, 15) is 19.7 Å². The number of fused-ring (bicyclic) bond motifs is 1. The number of hydrogen-bond acceptors (Lipinski definition) is 6. The molecular formula is C21H20Cl2N4O4S. The van der Waals surface area contributed by atoms with Crippen molar-refractivity contribution in [3.05, 3.63) is 66.9 Å². The predicted octanol–water partition coefficient (Wildman–Crippen LogP) is 5.39. The molecule has 3 rings (SSSR count). The Balaban J connectivity index is 1.82. The fraction of sp³-hybridized carbons (Fsp3) is 0.286. The number of nitro groups is 1. The quantitative estimate of drug-likeness (QED) is 0.194. The number of nitrogens with zero attached hydrogens (tertiary/aromatic N) is 3. The van der Waals surface area contributed by atoms with E-state index >= 15 is 0 Å². The molecule has 3 aromatic rings. The molecule has 32 heavy (non-hydrogen) atoms. The number of anilines is 1. The normalized spacial score (nSPS) is 11.2. The minimum Gasteiger partial charge on any atom is -0.324 e. The topological polar surface area (TPSA) is 107 Å². The van der Waals surface area contributed by atoms with E-state index < -0.39 is 4.92 Å². The summed E-state index contributed by atoms with van der Waals surface area (Å²) >= 11 is 13.2.